The number of phenolic OH excluding ortho intramolecular Hbond substituents is 1. The van der Waals surface area contributed by atoms with Crippen molar-refractivity contribution in [3.05, 3.63) is 53.6 Å². The minimum Gasteiger partial charge on any atom is -0.504 e. The molecule has 0 spiro atoms. The molecule has 3 rings (SSSR count). The van der Waals surface area contributed by atoms with Crippen LogP contribution in [0, 0.1) is 0 Å². The van der Waals surface area contributed by atoms with E-state index in [1.165, 1.54) is 34.8 Å². The third kappa shape index (κ3) is 4.75. The van der Waals surface area contributed by atoms with E-state index in [9.17, 15) is 18.3 Å². The van der Waals surface area contributed by atoms with Gasteiger partial charge in [0, 0.05) is 24.2 Å². The molecule has 154 valence electrons. The van der Waals surface area contributed by atoms with Gasteiger partial charge in [-0.05, 0) is 50.1 Å². The fraction of sp³-hybridized carbons (Fsp3) is 0.300. The summed E-state index contributed by atoms with van der Waals surface area (Å²) in [5.41, 5.74) is 2.90. The summed E-state index contributed by atoms with van der Waals surface area (Å²) in [6.07, 6.45) is 2.97. The molecular weight excluding hydrogens is 394 g/mol. The molecule has 0 radical (unpaired) electrons. The van der Waals surface area contributed by atoms with E-state index < -0.39 is 15.9 Å². The Kier molecular flexibility index (Phi) is 6.50. The molecule has 2 aromatic carbocycles. The van der Waals surface area contributed by atoms with E-state index in [-0.39, 0.29) is 16.2 Å². The van der Waals surface area contributed by atoms with Crippen molar-refractivity contribution >= 4 is 22.1 Å². The lowest BCUT2D eigenvalue weighted by Crippen LogP contribution is -2.28. The highest BCUT2D eigenvalue weighted by Crippen LogP contribution is 2.28. The second-order valence-corrected chi connectivity index (χ2v) is 8.40. The maximum atomic E-state index is 12.7. The maximum Gasteiger partial charge on any atom is 0.271 e. The topological polar surface area (TPSA) is 108 Å². The van der Waals surface area contributed by atoms with Gasteiger partial charge in [-0.25, -0.2) is 13.8 Å². The van der Waals surface area contributed by atoms with Crippen LogP contribution in [-0.4, -0.2) is 49.6 Å². The fourth-order valence-corrected chi connectivity index (χ4v) is 4.58. The summed E-state index contributed by atoms with van der Waals surface area (Å²) >= 11 is 0. The predicted molar refractivity (Wildman–Crippen MR) is 109 cm³/mol. The van der Waals surface area contributed by atoms with E-state index >= 15 is 0 Å². The summed E-state index contributed by atoms with van der Waals surface area (Å²) in [6, 6.07) is 10.8. The van der Waals surface area contributed by atoms with Crippen LogP contribution >= 0.6 is 0 Å². The Hall–Kier alpha value is -2.91. The standard InChI is InChI=1S/C20H23N3O5S/c1-2-28-18-10-6-8-16(19(18)24)14-21-22-20(25)15-7-5-9-17(13-15)29(26,27)23-11-3-4-12-23/h5-10,13-14,24H,2-4,11-12H2,1H3,(H,22,25)/b21-14+. The Bertz CT molecular complexity index is 1010. The molecule has 1 aliphatic rings. The molecule has 0 saturated carbocycles. The molecule has 1 saturated heterocycles. The molecule has 2 aromatic rings. The van der Waals surface area contributed by atoms with Crippen molar-refractivity contribution in [3.63, 3.8) is 0 Å². The summed E-state index contributed by atoms with van der Waals surface area (Å²) in [5, 5.41) is 14.0. The van der Waals surface area contributed by atoms with Crippen LogP contribution in [0.2, 0.25) is 0 Å². The highest BCUT2D eigenvalue weighted by atomic mass is 32.2. The molecule has 0 atom stereocenters. The molecule has 0 unspecified atom stereocenters. The number of carbonyl (C=O) groups excluding carboxylic acids is 1. The largest absolute Gasteiger partial charge is 0.504 e. The van der Waals surface area contributed by atoms with Crippen molar-refractivity contribution < 1.29 is 23.1 Å². The Morgan fingerprint density at radius 2 is 1.97 bits per heavy atom. The summed E-state index contributed by atoms with van der Waals surface area (Å²) in [5.74, 6) is -0.311. The van der Waals surface area contributed by atoms with Crippen molar-refractivity contribution in [1.29, 1.82) is 0 Å². The van der Waals surface area contributed by atoms with Crippen LogP contribution in [0.3, 0.4) is 0 Å². The zero-order chi connectivity index (χ0) is 20.9. The first-order valence-corrected chi connectivity index (χ1v) is 10.8. The molecule has 0 aromatic heterocycles. The minimum absolute atomic E-state index is 0.0777. The lowest BCUT2D eigenvalue weighted by atomic mass is 10.2. The van der Waals surface area contributed by atoms with Gasteiger partial charge >= 0.3 is 0 Å². The average molecular weight is 417 g/mol. The second-order valence-electron chi connectivity index (χ2n) is 6.47. The Labute approximate surface area is 169 Å². The third-order valence-electron chi connectivity index (χ3n) is 4.50. The van der Waals surface area contributed by atoms with E-state index in [1.807, 2.05) is 0 Å². The van der Waals surface area contributed by atoms with Crippen LogP contribution in [0.25, 0.3) is 0 Å². The third-order valence-corrected chi connectivity index (χ3v) is 6.39. The first kappa shape index (κ1) is 20.8. The van der Waals surface area contributed by atoms with Crippen molar-refractivity contribution in [3.8, 4) is 11.5 Å². The normalized spacial score (nSPS) is 14.9. The number of rotatable bonds is 7. The molecule has 1 fully saturated rings. The number of hydrogen-bond acceptors (Lipinski definition) is 6. The smallest absolute Gasteiger partial charge is 0.271 e. The predicted octanol–water partition coefficient (Wildman–Crippen LogP) is 2.34. The number of aromatic hydroxyl groups is 1. The van der Waals surface area contributed by atoms with Gasteiger partial charge in [-0.15, -0.1) is 0 Å². The lowest BCUT2D eigenvalue weighted by molar-refractivity contribution is 0.0955. The Balaban J connectivity index is 1.72. The van der Waals surface area contributed by atoms with Gasteiger partial charge in [-0.3, -0.25) is 4.79 Å². The monoisotopic (exact) mass is 417 g/mol. The number of sulfonamides is 1. The minimum atomic E-state index is -3.61. The van der Waals surface area contributed by atoms with Crippen molar-refractivity contribution in [1.82, 2.24) is 9.73 Å². The molecule has 2 N–H and O–H groups in total. The van der Waals surface area contributed by atoms with Crippen molar-refractivity contribution in [2.45, 2.75) is 24.7 Å². The molecule has 1 aliphatic heterocycles. The molecule has 29 heavy (non-hydrogen) atoms. The number of hydrazone groups is 1. The Morgan fingerprint density at radius 1 is 1.24 bits per heavy atom. The fourth-order valence-electron chi connectivity index (χ4n) is 3.02. The lowest BCUT2D eigenvalue weighted by Gasteiger charge is -2.15. The van der Waals surface area contributed by atoms with Crippen LogP contribution in [0.15, 0.2) is 52.5 Å². The van der Waals surface area contributed by atoms with Gasteiger partial charge in [0.25, 0.3) is 5.91 Å². The van der Waals surface area contributed by atoms with E-state index in [2.05, 4.69) is 10.5 Å². The highest BCUT2D eigenvalue weighted by Gasteiger charge is 2.27. The number of nitrogens with one attached hydrogen (secondary N) is 1. The first-order chi connectivity index (χ1) is 13.9. The molecule has 8 nitrogen and oxygen atoms in total. The van der Waals surface area contributed by atoms with Gasteiger partial charge in [-0.1, -0.05) is 12.1 Å². The zero-order valence-electron chi connectivity index (χ0n) is 16.0. The van der Waals surface area contributed by atoms with Gasteiger partial charge in [0.2, 0.25) is 10.0 Å². The van der Waals surface area contributed by atoms with Crippen molar-refractivity contribution in [2.24, 2.45) is 5.10 Å². The number of carbonyl (C=O) groups is 1. The number of ether oxygens (including phenoxy) is 1. The summed E-state index contributed by atoms with van der Waals surface area (Å²) in [4.78, 5) is 12.5. The van der Waals surface area contributed by atoms with Crippen LogP contribution in [0.4, 0.5) is 0 Å². The van der Waals surface area contributed by atoms with Crippen LogP contribution < -0.4 is 10.2 Å². The summed E-state index contributed by atoms with van der Waals surface area (Å²) < 4.78 is 32.0. The average Bonchev–Trinajstić information content (AvgIpc) is 3.27. The van der Waals surface area contributed by atoms with Crippen LogP contribution in [0.5, 0.6) is 11.5 Å². The maximum absolute atomic E-state index is 12.7. The van der Waals surface area contributed by atoms with Gasteiger partial charge in [0.15, 0.2) is 11.5 Å². The quantitative estimate of drug-likeness (QED) is 0.531. The van der Waals surface area contributed by atoms with Gasteiger partial charge < -0.3 is 9.84 Å². The molecule has 1 heterocycles. The van der Waals surface area contributed by atoms with Crippen LogP contribution in [-0.2, 0) is 10.0 Å². The van der Waals surface area contributed by atoms with E-state index in [0.29, 0.717) is 31.0 Å². The number of phenols is 1. The van der Waals surface area contributed by atoms with Crippen LogP contribution in [0.1, 0.15) is 35.7 Å². The van der Waals surface area contributed by atoms with Gasteiger partial charge in [0.05, 0.1) is 17.7 Å². The van der Waals surface area contributed by atoms with E-state index in [0.717, 1.165) is 12.8 Å². The molecule has 1 amide bonds. The molecular formula is C20H23N3O5S. The summed E-state index contributed by atoms with van der Waals surface area (Å²) in [6.45, 7) is 3.20. The number of benzene rings is 2. The van der Waals surface area contributed by atoms with Crippen molar-refractivity contribution in [2.75, 3.05) is 19.7 Å². The zero-order valence-corrected chi connectivity index (χ0v) is 16.9. The SMILES string of the molecule is CCOc1cccc(/C=N/NC(=O)c2cccc(S(=O)(=O)N3CCCC3)c2)c1O. The van der Waals surface area contributed by atoms with E-state index in [1.54, 1.807) is 25.1 Å². The molecule has 9 heteroatoms. The van der Waals surface area contributed by atoms with Gasteiger partial charge in [-0.2, -0.15) is 9.41 Å². The molecule has 0 bridgehead atoms. The summed E-state index contributed by atoms with van der Waals surface area (Å²) in [7, 11) is -3.61. The number of amides is 1. The molecule has 0 aliphatic carbocycles. The number of nitrogens with zero attached hydrogens (tertiary/aromatic N) is 2. The first-order valence-electron chi connectivity index (χ1n) is 9.32. The Morgan fingerprint density at radius 3 is 2.69 bits per heavy atom. The number of hydrogen-bond donors (Lipinski definition) is 2. The van der Waals surface area contributed by atoms with E-state index in [4.69, 9.17) is 4.74 Å². The highest BCUT2D eigenvalue weighted by molar-refractivity contribution is 7.89. The second kappa shape index (κ2) is 9.06. The number of para-hydroxylation sites is 1. The van der Waals surface area contributed by atoms with Gasteiger partial charge in [0.1, 0.15) is 0 Å².